The molecule has 1 saturated carbocycles. The van der Waals surface area contributed by atoms with Crippen molar-refractivity contribution in [2.24, 2.45) is 10.7 Å². The van der Waals surface area contributed by atoms with Gasteiger partial charge in [0.15, 0.2) is 17.5 Å². The Hall–Kier alpha value is -1.91. The van der Waals surface area contributed by atoms with Crippen molar-refractivity contribution in [3.05, 3.63) is 23.8 Å². The van der Waals surface area contributed by atoms with Crippen LogP contribution in [0.1, 0.15) is 31.7 Å². The molecule has 0 saturated heterocycles. The Morgan fingerprint density at radius 1 is 1.38 bits per heavy atom. The summed E-state index contributed by atoms with van der Waals surface area (Å²) in [7, 11) is 1.65. The largest absolute Gasteiger partial charge is 0.493 e. The Balaban J connectivity index is 1.80. The van der Waals surface area contributed by atoms with Gasteiger partial charge in [-0.25, -0.2) is 0 Å². The number of guanidine groups is 1. The number of rotatable bonds is 8. The molecule has 1 aromatic rings. The normalized spacial score (nSPS) is 14.9. The minimum Gasteiger partial charge on any atom is -0.493 e. The smallest absolute Gasteiger partial charge is 0.188 e. The second-order valence-electron chi connectivity index (χ2n) is 5.21. The van der Waals surface area contributed by atoms with Gasteiger partial charge < -0.3 is 20.5 Å². The molecular weight excluding hydrogens is 266 g/mol. The lowest BCUT2D eigenvalue weighted by atomic mass is 10.1. The van der Waals surface area contributed by atoms with Crippen LogP contribution in [0.4, 0.5) is 0 Å². The van der Waals surface area contributed by atoms with E-state index in [9.17, 15) is 0 Å². The van der Waals surface area contributed by atoms with Crippen LogP contribution in [0.2, 0.25) is 0 Å². The molecule has 3 N–H and O–H groups in total. The van der Waals surface area contributed by atoms with Crippen molar-refractivity contribution in [2.75, 3.05) is 20.3 Å². The van der Waals surface area contributed by atoms with Crippen LogP contribution in [0.25, 0.3) is 0 Å². The van der Waals surface area contributed by atoms with Gasteiger partial charge in [0.05, 0.1) is 13.7 Å². The van der Waals surface area contributed by atoms with Crippen LogP contribution in [0.5, 0.6) is 11.5 Å². The van der Waals surface area contributed by atoms with Crippen molar-refractivity contribution in [3.8, 4) is 11.5 Å². The summed E-state index contributed by atoms with van der Waals surface area (Å²) in [5.74, 6) is 2.15. The predicted octanol–water partition coefficient (Wildman–Crippen LogP) is 2.09. The number of hydrogen-bond acceptors (Lipinski definition) is 3. The Labute approximate surface area is 126 Å². The topological polar surface area (TPSA) is 68.9 Å². The Bertz CT molecular complexity index is 484. The second kappa shape index (κ2) is 7.76. The molecule has 116 valence electrons. The van der Waals surface area contributed by atoms with E-state index in [0.717, 1.165) is 30.9 Å². The summed E-state index contributed by atoms with van der Waals surface area (Å²) < 4.78 is 10.9. The quantitative estimate of drug-likeness (QED) is 0.437. The first-order valence-electron chi connectivity index (χ1n) is 7.59. The first-order valence-corrected chi connectivity index (χ1v) is 7.59. The zero-order valence-corrected chi connectivity index (χ0v) is 12.9. The predicted molar refractivity (Wildman–Crippen MR) is 85.1 cm³/mol. The molecule has 1 fully saturated rings. The van der Waals surface area contributed by atoms with Gasteiger partial charge in [-0.1, -0.05) is 6.07 Å². The Morgan fingerprint density at radius 3 is 2.86 bits per heavy atom. The molecule has 0 heterocycles. The highest BCUT2D eigenvalue weighted by Crippen LogP contribution is 2.28. The molecule has 0 aromatic heterocycles. The van der Waals surface area contributed by atoms with Crippen LogP contribution < -0.4 is 20.5 Å². The van der Waals surface area contributed by atoms with Crippen LogP contribution in [-0.4, -0.2) is 32.3 Å². The van der Waals surface area contributed by atoms with E-state index in [1.807, 2.05) is 19.1 Å². The zero-order chi connectivity index (χ0) is 15.1. The molecule has 2 rings (SSSR count). The molecule has 0 radical (unpaired) electrons. The fourth-order valence-corrected chi connectivity index (χ4v) is 2.11. The van der Waals surface area contributed by atoms with Crippen molar-refractivity contribution < 1.29 is 9.47 Å². The first-order chi connectivity index (χ1) is 10.2. The summed E-state index contributed by atoms with van der Waals surface area (Å²) in [5, 5.41) is 3.18. The molecule has 5 heteroatoms. The van der Waals surface area contributed by atoms with Crippen LogP contribution in [-0.2, 0) is 6.42 Å². The van der Waals surface area contributed by atoms with Crippen molar-refractivity contribution in [2.45, 2.75) is 38.6 Å². The summed E-state index contributed by atoms with van der Waals surface area (Å²) in [4.78, 5) is 4.34. The van der Waals surface area contributed by atoms with Crippen molar-refractivity contribution >= 4 is 5.96 Å². The minimum atomic E-state index is 0.559. The summed E-state index contributed by atoms with van der Waals surface area (Å²) in [6, 6.07) is 6.62. The molecular formula is C16H25N3O2. The van der Waals surface area contributed by atoms with E-state index in [4.69, 9.17) is 15.2 Å². The van der Waals surface area contributed by atoms with Crippen molar-refractivity contribution in [1.29, 1.82) is 0 Å². The monoisotopic (exact) mass is 291 g/mol. The molecule has 21 heavy (non-hydrogen) atoms. The molecule has 5 nitrogen and oxygen atoms in total. The fourth-order valence-electron chi connectivity index (χ4n) is 2.11. The number of aliphatic imine (C=N–C) groups is 1. The minimum absolute atomic E-state index is 0.559. The molecule has 0 amide bonds. The van der Waals surface area contributed by atoms with Gasteiger partial charge in [0.25, 0.3) is 0 Å². The van der Waals surface area contributed by atoms with Crippen LogP contribution in [0.15, 0.2) is 23.2 Å². The van der Waals surface area contributed by atoms with Gasteiger partial charge in [0.2, 0.25) is 0 Å². The maximum atomic E-state index is 5.80. The van der Waals surface area contributed by atoms with E-state index in [1.165, 1.54) is 18.4 Å². The summed E-state index contributed by atoms with van der Waals surface area (Å²) >= 11 is 0. The van der Waals surface area contributed by atoms with Crippen molar-refractivity contribution in [3.63, 3.8) is 0 Å². The van der Waals surface area contributed by atoms with E-state index in [1.54, 1.807) is 7.11 Å². The number of benzene rings is 1. The number of ether oxygens (including phenoxy) is 2. The molecule has 1 aliphatic carbocycles. The lowest BCUT2D eigenvalue weighted by molar-refractivity contribution is 0.310. The van der Waals surface area contributed by atoms with Gasteiger partial charge in [0, 0.05) is 12.6 Å². The third-order valence-electron chi connectivity index (χ3n) is 3.36. The van der Waals surface area contributed by atoms with E-state index in [2.05, 4.69) is 16.4 Å². The summed E-state index contributed by atoms with van der Waals surface area (Å²) in [5.41, 5.74) is 7.02. The fraction of sp³-hybridized carbons (Fsp3) is 0.562. The van der Waals surface area contributed by atoms with E-state index in [-0.39, 0.29) is 0 Å². The molecule has 0 bridgehead atoms. The lowest BCUT2D eigenvalue weighted by Crippen LogP contribution is -2.33. The number of nitrogens with one attached hydrogen (secondary N) is 1. The average molecular weight is 291 g/mol. The highest BCUT2D eigenvalue weighted by molar-refractivity contribution is 5.78. The van der Waals surface area contributed by atoms with Crippen molar-refractivity contribution in [1.82, 2.24) is 5.32 Å². The Morgan fingerprint density at radius 2 is 2.19 bits per heavy atom. The third kappa shape index (κ3) is 5.17. The highest BCUT2D eigenvalue weighted by Gasteiger charge is 2.21. The maximum Gasteiger partial charge on any atom is 0.188 e. The lowest BCUT2D eigenvalue weighted by Gasteiger charge is -2.11. The number of methoxy groups -OCH3 is 1. The molecule has 1 aliphatic rings. The summed E-state index contributed by atoms with van der Waals surface area (Å²) in [6.07, 6.45) is 4.33. The first kappa shape index (κ1) is 15.5. The standard InChI is InChI=1S/C16H25N3O2/c1-3-21-15-11-12(6-9-14(15)20-2)5-4-10-18-16(17)19-13-7-8-13/h6,9,11,13H,3-5,7-8,10H2,1-2H3,(H3,17,18,19). The van der Waals surface area contributed by atoms with Gasteiger partial charge in [-0.3, -0.25) is 4.99 Å². The highest BCUT2D eigenvalue weighted by atomic mass is 16.5. The number of nitrogens with two attached hydrogens (primary N) is 1. The summed E-state index contributed by atoms with van der Waals surface area (Å²) in [6.45, 7) is 3.34. The van der Waals surface area contributed by atoms with E-state index < -0.39 is 0 Å². The second-order valence-corrected chi connectivity index (χ2v) is 5.21. The number of nitrogens with zero attached hydrogens (tertiary/aromatic N) is 1. The molecule has 0 unspecified atom stereocenters. The number of aryl methyl sites for hydroxylation is 1. The van der Waals surface area contributed by atoms with Gasteiger partial charge in [-0.2, -0.15) is 0 Å². The molecule has 1 aromatic carbocycles. The third-order valence-corrected chi connectivity index (χ3v) is 3.36. The van der Waals surface area contributed by atoms with Gasteiger partial charge in [0.1, 0.15) is 0 Å². The zero-order valence-electron chi connectivity index (χ0n) is 12.9. The van der Waals surface area contributed by atoms with E-state index in [0.29, 0.717) is 18.6 Å². The molecule has 0 aliphatic heterocycles. The van der Waals surface area contributed by atoms with E-state index >= 15 is 0 Å². The number of hydrogen-bond donors (Lipinski definition) is 2. The average Bonchev–Trinajstić information content (AvgIpc) is 3.28. The van der Waals surface area contributed by atoms with Crippen LogP contribution >= 0.6 is 0 Å². The van der Waals surface area contributed by atoms with Crippen LogP contribution in [0.3, 0.4) is 0 Å². The van der Waals surface area contributed by atoms with Crippen LogP contribution in [0, 0.1) is 0 Å². The van der Waals surface area contributed by atoms with Gasteiger partial charge in [-0.05, 0) is 50.3 Å². The Kier molecular flexibility index (Phi) is 5.72. The van der Waals surface area contributed by atoms with Gasteiger partial charge in [-0.15, -0.1) is 0 Å². The molecule has 0 spiro atoms. The SMILES string of the molecule is CCOc1cc(CCCN=C(N)NC2CC2)ccc1OC. The van der Waals surface area contributed by atoms with Gasteiger partial charge >= 0.3 is 0 Å². The molecule has 0 atom stereocenters. The maximum absolute atomic E-state index is 5.80.